The number of benzene rings is 1. The van der Waals surface area contributed by atoms with Gasteiger partial charge in [-0.05, 0) is 36.1 Å². The number of carboxylic acids is 1. The van der Waals surface area contributed by atoms with Crippen LogP contribution >= 0.6 is 11.8 Å². The number of aliphatic carboxylic acids is 1. The van der Waals surface area contributed by atoms with Gasteiger partial charge in [-0.25, -0.2) is 4.79 Å². The smallest absolute Gasteiger partial charge is 0.326 e. The Morgan fingerprint density at radius 3 is 2.88 bits per heavy atom. The van der Waals surface area contributed by atoms with Gasteiger partial charge in [0.15, 0.2) is 11.5 Å². The summed E-state index contributed by atoms with van der Waals surface area (Å²) in [5, 5.41) is 11.5. The maximum absolute atomic E-state index is 11.7. The molecule has 2 N–H and O–H groups in total. The first-order chi connectivity index (χ1) is 11.6. The summed E-state index contributed by atoms with van der Waals surface area (Å²) < 4.78 is 10.5. The number of hydrogen-bond donors (Lipinski definition) is 2. The second-order valence-corrected chi connectivity index (χ2v) is 6.00. The molecule has 1 atom stereocenters. The van der Waals surface area contributed by atoms with Crippen LogP contribution in [0.4, 0.5) is 0 Å². The second-order valence-electron chi connectivity index (χ2n) is 5.01. The first-order valence-electron chi connectivity index (χ1n) is 7.37. The quantitative estimate of drug-likeness (QED) is 0.553. The van der Waals surface area contributed by atoms with E-state index in [2.05, 4.69) is 5.32 Å². The number of carbonyl (C=O) groups is 2. The Morgan fingerprint density at radius 2 is 2.12 bits per heavy atom. The topological polar surface area (TPSA) is 84.9 Å². The van der Waals surface area contributed by atoms with E-state index in [1.807, 2.05) is 30.5 Å². The van der Waals surface area contributed by atoms with Crippen molar-refractivity contribution in [3.05, 3.63) is 42.0 Å². The van der Waals surface area contributed by atoms with Crippen LogP contribution < -0.4 is 14.8 Å². The molecule has 128 valence electrons. The zero-order valence-corrected chi connectivity index (χ0v) is 14.0. The van der Waals surface area contributed by atoms with E-state index in [-0.39, 0.29) is 6.79 Å². The van der Waals surface area contributed by atoms with Crippen molar-refractivity contribution in [1.29, 1.82) is 0 Å². The van der Waals surface area contributed by atoms with Gasteiger partial charge in [0.05, 0.1) is 0 Å². The van der Waals surface area contributed by atoms with Crippen molar-refractivity contribution in [3.8, 4) is 11.5 Å². The molecule has 6 nitrogen and oxygen atoms in total. The van der Waals surface area contributed by atoms with Crippen molar-refractivity contribution in [2.75, 3.05) is 18.8 Å². The highest BCUT2D eigenvalue weighted by Crippen LogP contribution is 2.32. The van der Waals surface area contributed by atoms with Crippen molar-refractivity contribution < 1.29 is 24.2 Å². The molecule has 0 radical (unpaired) electrons. The van der Waals surface area contributed by atoms with Gasteiger partial charge in [-0.2, -0.15) is 11.8 Å². The van der Waals surface area contributed by atoms with E-state index in [9.17, 15) is 9.59 Å². The van der Waals surface area contributed by atoms with Gasteiger partial charge in [-0.15, -0.1) is 0 Å². The van der Waals surface area contributed by atoms with Gasteiger partial charge in [0, 0.05) is 6.08 Å². The molecule has 1 aromatic rings. The summed E-state index contributed by atoms with van der Waals surface area (Å²) in [7, 11) is 0. The molecular formula is C17H19NO5S. The molecule has 1 aliphatic rings. The van der Waals surface area contributed by atoms with E-state index in [1.54, 1.807) is 12.2 Å². The number of allylic oxidation sites excluding steroid dienone is 2. The fourth-order valence-corrected chi connectivity index (χ4v) is 2.51. The fourth-order valence-electron chi connectivity index (χ4n) is 2.04. The van der Waals surface area contributed by atoms with Crippen LogP contribution in [0.25, 0.3) is 6.08 Å². The molecular weight excluding hydrogens is 330 g/mol. The lowest BCUT2D eigenvalue weighted by atomic mass is 10.2. The van der Waals surface area contributed by atoms with Crippen molar-refractivity contribution in [2.45, 2.75) is 12.5 Å². The van der Waals surface area contributed by atoms with Gasteiger partial charge in [0.2, 0.25) is 12.7 Å². The molecule has 0 spiro atoms. The number of carbonyl (C=O) groups excluding carboxylic acids is 1. The monoisotopic (exact) mass is 349 g/mol. The zero-order chi connectivity index (χ0) is 17.4. The van der Waals surface area contributed by atoms with Gasteiger partial charge in [-0.1, -0.05) is 24.3 Å². The van der Waals surface area contributed by atoms with Gasteiger partial charge in [0.1, 0.15) is 6.04 Å². The SMILES string of the molecule is CSCC[C@H](NC(=O)/C=C/C=C/c1ccc2c(c1)OCO2)C(=O)O. The highest BCUT2D eigenvalue weighted by atomic mass is 32.2. The molecule has 0 bridgehead atoms. The number of carboxylic acid groups (broad SMARTS) is 1. The molecule has 0 aromatic heterocycles. The van der Waals surface area contributed by atoms with Crippen LogP contribution in [-0.4, -0.2) is 41.8 Å². The third kappa shape index (κ3) is 5.34. The summed E-state index contributed by atoms with van der Waals surface area (Å²) >= 11 is 1.54. The maximum Gasteiger partial charge on any atom is 0.326 e. The number of thioether (sulfide) groups is 1. The predicted octanol–water partition coefficient (Wildman–Crippen LogP) is 2.31. The number of ether oxygens (including phenoxy) is 2. The Balaban J connectivity index is 1.86. The summed E-state index contributed by atoms with van der Waals surface area (Å²) in [5.41, 5.74) is 0.910. The number of hydrogen-bond acceptors (Lipinski definition) is 5. The molecule has 1 aliphatic heterocycles. The van der Waals surface area contributed by atoms with Crippen LogP contribution in [-0.2, 0) is 9.59 Å². The largest absolute Gasteiger partial charge is 0.480 e. The lowest BCUT2D eigenvalue weighted by Gasteiger charge is -2.11. The minimum Gasteiger partial charge on any atom is -0.480 e. The first-order valence-corrected chi connectivity index (χ1v) is 8.76. The van der Waals surface area contributed by atoms with Crippen molar-refractivity contribution in [1.82, 2.24) is 5.32 Å². The third-order valence-corrected chi connectivity index (χ3v) is 3.91. The fraction of sp³-hybridized carbons (Fsp3) is 0.294. The Bertz CT molecular complexity index is 656. The average Bonchev–Trinajstić information content (AvgIpc) is 3.03. The van der Waals surface area contributed by atoms with Crippen LogP contribution in [0.2, 0.25) is 0 Å². The van der Waals surface area contributed by atoms with Crippen molar-refractivity contribution in [3.63, 3.8) is 0 Å². The van der Waals surface area contributed by atoms with Gasteiger partial charge in [0.25, 0.3) is 0 Å². The summed E-state index contributed by atoms with van der Waals surface area (Å²) in [4.78, 5) is 22.8. The number of amides is 1. The van der Waals surface area contributed by atoms with Crippen LogP contribution in [0, 0.1) is 0 Å². The summed E-state index contributed by atoms with van der Waals surface area (Å²) in [6.07, 6.45) is 8.67. The maximum atomic E-state index is 11.7. The van der Waals surface area contributed by atoms with Gasteiger partial charge in [-0.3, -0.25) is 4.79 Å². The van der Waals surface area contributed by atoms with Gasteiger partial charge >= 0.3 is 5.97 Å². The van der Waals surface area contributed by atoms with Gasteiger partial charge < -0.3 is 19.9 Å². The van der Waals surface area contributed by atoms with Crippen LogP contribution in [0.15, 0.2) is 36.4 Å². The van der Waals surface area contributed by atoms with Crippen LogP contribution in [0.5, 0.6) is 11.5 Å². The second kappa shape index (κ2) is 9.02. The van der Waals surface area contributed by atoms with E-state index in [1.165, 1.54) is 17.8 Å². The minimum atomic E-state index is -1.03. The minimum absolute atomic E-state index is 0.226. The zero-order valence-electron chi connectivity index (χ0n) is 13.2. The molecule has 1 heterocycles. The van der Waals surface area contributed by atoms with E-state index >= 15 is 0 Å². The third-order valence-electron chi connectivity index (χ3n) is 3.27. The standard InChI is InChI=1S/C17H19NO5S/c1-24-9-8-13(17(20)21)18-16(19)5-3-2-4-12-6-7-14-15(10-12)23-11-22-14/h2-7,10,13H,8-9,11H2,1H3,(H,18,19)(H,20,21)/b4-2+,5-3+/t13-/m0/s1. The van der Waals surface area contributed by atoms with E-state index in [4.69, 9.17) is 14.6 Å². The predicted molar refractivity (Wildman–Crippen MR) is 93.3 cm³/mol. The molecule has 7 heteroatoms. The molecule has 0 unspecified atom stereocenters. The van der Waals surface area contributed by atoms with Crippen LogP contribution in [0.3, 0.4) is 0 Å². The highest BCUT2D eigenvalue weighted by molar-refractivity contribution is 7.98. The number of rotatable bonds is 8. The summed E-state index contributed by atoms with van der Waals surface area (Å²) in [5.74, 6) is 0.620. The molecule has 1 amide bonds. The lowest BCUT2D eigenvalue weighted by molar-refractivity contribution is -0.141. The molecule has 0 aliphatic carbocycles. The molecule has 2 rings (SSSR count). The summed E-state index contributed by atoms with van der Waals surface area (Å²) in [6, 6.07) is 4.67. The van der Waals surface area contributed by atoms with Crippen molar-refractivity contribution in [2.24, 2.45) is 0 Å². The van der Waals surface area contributed by atoms with E-state index in [0.29, 0.717) is 23.7 Å². The average molecular weight is 349 g/mol. The first kappa shape index (κ1) is 17.9. The summed E-state index contributed by atoms with van der Waals surface area (Å²) in [6.45, 7) is 0.226. The molecule has 0 saturated carbocycles. The van der Waals surface area contributed by atoms with E-state index in [0.717, 1.165) is 5.56 Å². The van der Waals surface area contributed by atoms with Crippen molar-refractivity contribution >= 4 is 29.7 Å². The molecule has 0 saturated heterocycles. The molecule has 24 heavy (non-hydrogen) atoms. The Labute approximate surface area is 144 Å². The lowest BCUT2D eigenvalue weighted by Crippen LogP contribution is -2.40. The number of fused-ring (bicyclic) bond motifs is 1. The normalized spacial score (nSPS) is 14.2. The Kier molecular flexibility index (Phi) is 6.74. The number of nitrogens with one attached hydrogen (secondary N) is 1. The Morgan fingerprint density at radius 1 is 1.33 bits per heavy atom. The van der Waals surface area contributed by atoms with E-state index < -0.39 is 17.9 Å². The molecule has 1 aromatic carbocycles. The molecule has 0 fully saturated rings. The van der Waals surface area contributed by atoms with Crippen LogP contribution in [0.1, 0.15) is 12.0 Å². The highest BCUT2D eigenvalue weighted by Gasteiger charge is 2.17. The Hall–Kier alpha value is -2.41.